The van der Waals surface area contributed by atoms with E-state index in [0.717, 1.165) is 12.8 Å². The van der Waals surface area contributed by atoms with Gasteiger partial charge in [-0.05, 0) is 24.7 Å². The van der Waals surface area contributed by atoms with Crippen LogP contribution in [0.3, 0.4) is 0 Å². The van der Waals surface area contributed by atoms with Gasteiger partial charge >= 0.3 is 0 Å². The molecule has 1 N–H and O–H groups in total. The number of ketones is 1. The monoisotopic (exact) mass is 195 g/mol. The third-order valence-electron chi connectivity index (χ3n) is 3.46. The van der Waals surface area contributed by atoms with Crippen molar-refractivity contribution in [3.8, 4) is 0 Å². The lowest BCUT2D eigenvalue weighted by Crippen LogP contribution is -2.46. The van der Waals surface area contributed by atoms with E-state index in [0.29, 0.717) is 17.9 Å². The molecule has 2 heterocycles. The normalized spacial score (nSPS) is 37.6. The minimum absolute atomic E-state index is 0.275. The first-order chi connectivity index (χ1) is 6.46. The molecule has 0 saturated carbocycles. The van der Waals surface area contributed by atoms with Gasteiger partial charge in [0.1, 0.15) is 5.78 Å². The van der Waals surface area contributed by atoms with Crippen LogP contribution in [0.4, 0.5) is 0 Å². The lowest BCUT2D eigenvalue weighted by atomic mass is 9.77. The summed E-state index contributed by atoms with van der Waals surface area (Å²) < 4.78 is 0. The summed E-state index contributed by atoms with van der Waals surface area (Å²) in [5.74, 6) is 0.792. The van der Waals surface area contributed by atoms with E-state index in [4.69, 9.17) is 0 Å². The van der Waals surface area contributed by atoms with Gasteiger partial charge in [-0.1, -0.05) is 20.8 Å². The van der Waals surface area contributed by atoms with Crippen LogP contribution in [-0.2, 0) is 4.79 Å². The predicted octanol–water partition coefficient (Wildman–Crippen LogP) is 2.13. The second-order valence-corrected chi connectivity index (χ2v) is 6.09. The maximum absolute atomic E-state index is 11.9. The summed E-state index contributed by atoms with van der Waals surface area (Å²) in [5, 5.41) is 3.57. The van der Waals surface area contributed by atoms with Crippen LogP contribution in [0.2, 0.25) is 0 Å². The number of hydrogen-bond acceptors (Lipinski definition) is 2. The largest absolute Gasteiger partial charge is 0.310 e. The lowest BCUT2D eigenvalue weighted by Gasteiger charge is -2.33. The van der Waals surface area contributed by atoms with Crippen molar-refractivity contribution in [3.63, 3.8) is 0 Å². The summed E-state index contributed by atoms with van der Waals surface area (Å²) >= 11 is 0. The zero-order valence-electron chi connectivity index (χ0n) is 9.47. The van der Waals surface area contributed by atoms with Crippen LogP contribution in [0, 0.1) is 11.3 Å². The molecule has 2 aliphatic heterocycles. The van der Waals surface area contributed by atoms with Gasteiger partial charge < -0.3 is 5.32 Å². The zero-order valence-corrected chi connectivity index (χ0v) is 9.47. The quantitative estimate of drug-likeness (QED) is 0.694. The van der Waals surface area contributed by atoms with Crippen LogP contribution < -0.4 is 5.32 Å². The molecule has 0 radical (unpaired) electrons. The molecular formula is C12H21NO. The Morgan fingerprint density at radius 2 is 2.07 bits per heavy atom. The molecule has 2 fully saturated rings. The van der Waals surface area contributed by atoms with E-state index in [1.54, 1.807) is 0 Å². The summed E-state index contributed by atoms with van der Waals surface area (Å²) in [6.45, 7) is 6.67. The van der Waals surface area contributed by atoms with E-state index in [-0.39, 0.29) is 11.3 Å². The van der Waals surface area contributed by atoms with Crippen molar-refractivity contribution in [3.05, 3.63) is 0 Å². The average molecular weight is 195 g/mol. The molecule has 2 aliphatic rings. The standard InChI is InChI=1S/C12H21NO/c1-12(2,3)7-9-10-5-4-8(13-10)6-11(9)14/h8-10,13H,4-7H2,1-3H3. The Bertz CT molecular complexity index is 241. The number of piperidine rings is 1. The molecule has 0 spiro atoms. The fourth-order valence-electron chi connectivity index (χ4n) is 2.86. The smallest absolute Gasteiger partial charge is 0.139 e. The second-order valence-electron chi connectivity index (χ2n) is 6.09. The molecule has 2 heteroatoms. The van der Waals surface area contributed by atoms with Crippen molar-refractivity contribution < 1.29 is 4.79 Å². The maximum atomic E-state index is 11.9. The number of Topliss-reactive ketones (excluding diaryl/α,β-unsaturated/α-hetero) is 1. The minimum atomic E-state index is 0.275. The fraction of sp³-hybridized carbons (Fsp3) is 0.917. The van der Waals surface area contributed by atoms with Crippen LogP contribution in [0.25, 0.3) is 0 Å². The average Bonchev–Trinajstić information content (AvgIpc) is 2.41. The number of carbonyl (C=O) groups excluding carboxylic acids is 1. The SMILES string of the molecule is CC(C)(C)CC1C(=O)CC2CCC1N2. The molecule has 2 bridgehead atoms. The molecule has 0 amide bonds. The summed E-state index contributed by atoms with van der Waals surface area (Å²) in [4.78, 5) is 11.9. The molecule has 14 heavy (non-hydrogen) atoms. The van der Waals surface area contributed by atoms with E-state index in [1.165, 1.54) is 12.8 Å². The number of nitrogens with one attached hydrogen (secondary N) is 1. The summed E-state index contributed by atoms with van der Waals surface area (Å²) in [7, 11) is 0. The third kappa shape index (κ3) is 2.00. The first kappa shape index (κ1) is 10.2. The third-order valence-corrected chi connectivity index (χ3v) is 3.46. The van der Waals surface area contributed by atoms with Gasteiger partial charge in [0.25, 0.3) is 0 Å². The topological polar surface area (TPSA) is 29.1 Å². The fourth-order valence-corrected chi connectivity index (χ4v) is 2.86. The Morgan fingerprint density at radius 1 is 1.36 bits per heavy atom. The Labute approximate surface area is 86.5 Å². The Hall–Kier alpha value is -0.370. The van der Waals surface area contributed by atoms with Gasteiger partial charge in [-0.2, -0.15) is 0 Å². The van der Waals surface area contributed by atoms with Crippen LogP contribution in [0.5, 0.6) is 0 Å². The van der Waals surface area contributed by atoms with Crippen molar-refractivity contribution in [2.75, 3.05) is 0 Å². The minimum Gasteiger partial charge on any atom is -0.310 e. The molecule has 80 valence electrons. The molecule has 0 aromatic carbocycles. The van der Waals surface area contributed by atoms with Crippen molar-refractivity contribution in [2.45, 2.75) is 58.5 Å². The maximum Gasteiger partial charge on any atom is 0.139 e. The van der Waals surface area contributed by atoms with Crippen molar-refractivity contribution in [2.24, 2.45) is 11.3 Å². The van der Waals surface area contributed by atoms with Gasteiger partial charge in [0.15, 0.2) is 0 Å². The first-order valence-corrected chi connectivity index (χ1v) is 5.74. The Balaban J connectivity index is 2.06. The van der Waals surface area contributed by atoms with Gasteiger partial charge in [-0.25, -0.2) is 0 Å². The van der Waals surface area contributed by atoms with Gasteiger partial charge in [-0.3, -0.25) is 4.79 Å². The second kappa shape index (κ2) is 3.34. The molecule has 3 unspecified atom stereocenters. The highest BCUT2D eigenvalue weighted by atomic mass is 16.1. The number of fused-ring (bicyclic) bond motifs is 2. The van der Waals surface area contributed by atoms with Gasteiger partial charge in [0, 0.05) is 24.4 Å². The van der Waals surface area contributed by atoms with E-state index in [1.807, 2.05) is 0 Å². The van der Waals surface area contributed by atoms with Crippen molar-refractivity contribution in [1.82, 2.24) is 5.32 Å². The molecular weight excluding hydrogens is 174 g/mol. The summed E-state index contributed by atoms with van der Waals surface area (Å²) in [6, 6.07) is 0.990. The highest BCUT2D eigenvalue weighted by Crippen LogP contribution is 2.35. The summed E-state index contributed by atoms with van der Waals surface area (Å²) in [5.41, 5.74) is 0.275. The molecule has 0 aromatic heterocycles. The molecule has 0 aliphatic carbocycles. The van der Waals surface area contributed by atoms with Crippen LogP contribution in [-0.4, -0.2) is 17.9 Å². The van der Waals surface area contributed by atoms with Crippen molar-refractivity contribution >= 4 is 5.78 Å². The van der Waals surface area contributed by atoms with Crippen LogP contribution >= 0.6 is 0 Å². The van der Waals surface area contributed by atoms with Crippen LogP contribution in [0.15, 0.2) is 0 Å². The van der Waals surface area contributed by atoms with E-state index < -0.39 is 0 Å². The zero-order chi connectivity index (χ0) is 10.3. The van der Waals surface area contributed by atoms with E-state index >= 15 is 0 Å². The Morgan fingerprint density at radius 3 is 2.71 bits per heavy atom. The lowest BCUT2D eigenvalue weighted by molar-refractivity contribution is -0.126. The van der Waals surface area contributed by atoms with E-state index in [2.05, 4.69) is 26.1 Å². The van der Waals surface area contributed by atoms with Gasteiger partial charge in [0.2, 0.25) is 0 Å². The van der Waals surface area contributed by atoms with E-state index in [9.17, 15) is 4.79 Å². The molecule has 0 aromatic rings. The first-order valence-electron chi connectivity index (χ1n) is 5.74. The van der Waals surface area contributed by atoms with Gasteiger partial charge in [-0.15, -0.1) is 0 Å². The summed E-state index contributed by atoms with van der Waals surface area (Å²) in [6.07, 6.45) is 4.22. The highest BCUT2D eigenvalue weighted by molar-refractivity contribution is 5.83. The van der Waals surface area contributed by atoms with Gasteiger partial charge in [0.05, 0.1) is 0 Å². The molecule has 2 rings (SSSR count). The molecule has 3 atom stereocenters. The Kier molecular flexibility index (Phi) is 2.42. The molecule has 2 saturated heterocycles. The highest BCUT2D eigenvalue weighted by Gasteiger charge is 2.41. The number of hydrogen-bond donors (Lipinski definition) is 1. The van der Waals surface area contributed by atoms with Crippen LogP contribution in [0.1, 0.15) is 46.5 Å². The predicted molar refractivity (Wildman–Crippen MR) is 57.1 cm³/mol. The number of rotatable bonds is 1. The van der Waals surface area contributed by atoms with Crippen molar-refractivity contribution in [1.29, 1.82) is 0 Å². The molecule has 2 nitrogen and oxygen atoms in total. The number of carbonyl (C=O) groups is 1.